The van der Waals surface area contributed by atoms with Gasteiger partial charge in [-0.2, -0.15) is 0 Å². The van der Waals surface area contributed by atoms with Crippen LogP contribution in [0.5, 0.6) is 0 Å². The van der Waals surface area contributed by atoms with Gasteiger partial charge in [0, 0.05) is 18.7 Å². The maximum absolute atomic E-state index is 10.4. The number of hydrazine groups is 1. The van der Waals surface area contributed by atoms with E-state index in [0.29, 0.717) is 17.3 Å². The van der Waals surface area contributed by atoms with Crippen LogP contribution in [0.2, 0.25) is 0 Å². The second-order valence-corrected chi connectivity index (χ2v) is 3.46. The molecule has 3 N–H and O–H groups in total. The molecular weight excluding hydrogens is 240 g/mol. The minimum atomic E-state index is -0.451. The SMILES string of the molecule is C=CCNC(=S)NNc1ccc([N+](=O)[O-])cc1. The van der Waals surface area contributed by atoms with Crippen molar-refractivity contribution >= 4 is 28.7 Å². The average molecular weight is 252 g/mol. The summed E-state index contributed by atoms with van der Waals surface area (Å²) >= 11 is 4.95. The molecule has 1 rings (SSSR count). The predicted octanol–water partition coefficient (Wildman–Crippen LogP) is 1.57. The Balaban J connectivity index is 2.44. The third-order valence-corrected chi connectivity index (χ3v) is 2.05. The van der Waals surface area contributed by atoms with Gasteiger partial charge in [-0.15, -0.1) is 6.58 Å². The van der Waals surface area contributed by atoms with Crippen molar-refractivity contribution in [2.45, 2.75) is 0 Å². The van der Waals surface area contributed by atoms with Crippen molar-refractivity contribution in [3.8, 4) is 0 Å². The summed E-state index contributed by atoms with van der Waals surface area (Å²) in [6.07, 6.45) is 1.68. The second kappa shape index (κ2) is 6.44. The lowest BCUT2D eigenvalue weighted by atomic mass is 10.3. The van der Waals surface area contributed by atoms with Crippen LogP contribution < -0.4 is 16.2 Å². The van der Waals surface area contributed by atoms with Gasteiger partial charge in [0.2, 0.25) is 0 Å². The van der Waals surface area contributed by atoms with Gasteiger partial charge in [0.05, 0.1) is 10.6 Å². The van der Waals surface area contributed by atoms with Gasteiger partial charge in [0.25, 0.3) is 5.69 Å². The summed E-state index contributed by atoms with van der Waals surface area (Å²) < 4.78 is 0. The van der Waals surface area contributed by atoms with E-state index in [4.69, 9.17) is 12.2 Å². The molecule has 0 heterocycles. The van der Waals surface area contributed by atoms with Gasteiger partial charge in [-0.25, -0.2) is 0 Å². The van der Waals surface area contributed by atoms with Crippen LogP contribution in [0.1, 0.15) is 0 Å². The summed E-state index contributed by atoms with van der Waals surface area (Å²) in [7, 11) is 0. The van der Waals surface area contributed by atoms with Crippen LogP contribution in [-0.4, -0.2) is 16.6 Å². The lowest BCUT2D eigenvalue weighted by Crippen LogP contribution is -2.38. The molecule has 0 aliphatic carbocycles. The Hall–Kier alpha value is -2.15. The molecule has 0 radical (unpaired) electrons. The van der Waals surface area contributed by atoms with E-state index in [0.717, 1.165) is 0 Å². The topological polar surface area (TPSA) is 79.2 Å². The summed E-state index contributed by atoms with van der Waals surface area (Å²) in [6, 6.07) is 5.98. The maximum Gasteiger partial charge on any atom is 0.269 e. The first-order valence-electron chi connectivity index (χ1n) is 4.78. The molecule has 6 nitrogen and oxygen atoms in total. The molecule has 0 unspecified atom stereocenters. The number of nitrogens with zero attached hydrogens (tertiary/aromatic N) is 1. The molecule has 0 fully saturated rings. The fourth-order valence-corrected chi connectivity index (χ4v) is 1.14. The van der Waals surface area contributed by atoms with Gasteiger partial charge in [0.15, 0.2) is 5.11 Å². The van der Waals surface area contributed by atoms with Gasteiger partial charge in [-0.05, 0) is 24.4 Å². The number of benzene rings is 1. The summed E-state index contributed by atoms with van der Waals surface area (Å²) in [5.41, 5.74) is 6.27. The quantitative estimate of drug-likeness (QED) is 0.319. The number of hydrogen-bond donors (Lipinski definition) is 3. The van der Waals surface area contributed by atoms with E-state index < -0.39 is 4.92 Å². The smallest absolute Gasteiger partial charge is 0.269 e. The Morgan fingerprint density at radius 3 is 2.65 bits per heavy atom. The minimum Gasteiger partial charge on any atom is -0.358 e. The number of nitro benzene ring substituents is 1. The predicted molar refractivity (Wildman–Crippen MR) is 70.7 cm³/mol. The number of anilines is 1. The van der Waals surface area contributed by atoms with E-state index in [1.807, 2.05) is 0 Å². The Kier molecular flexibility index (Phi) is 4.89. The van der Waals surface area contributed by atoms with Gasteiger partial charge in [0.1, 0.15) is 0 Å². The van der Waals surface area contributed by atoms with E-state index in [-0.39, 0.29) is 5.69 Å². The monoisotopic (exact) mass is 252 g/mol. The third kappa shape index (κ3) is 4.47. The van der Waals surface area contributed by atoms with Gasteiger partial charge < -0.3 is 5.32 Å². The normalized spacial score (nSPS) is 9.18. The fourth-order valence-electron chi connectivity index (χ4n) is 1.00. The highest BCUT2D eigenvalue weighted by atomic mass is 32.1. The first-order chi connectivity index (χ1) is 8.13. The molecule has 0 amide bonds. The van der Waals surface area contributed by atoms with E-state index in [2.05, 4.69) is 22.7 Å². The largest absolute Gasteiger partial charge is 0.358 e. The highest BCUT2D eigenvalue weighted by Crippen LogP contribution is 2.14. The van der Waals surface area contributed by atoms with E-state index >= 15 is 0 Å². The van der Waals surface area contributed by atoms with E-state index in [1.54, 1.807) is 18.2 Å². The van der Waals surface area contributed by atoms with Gasteiger partial charge in [-0.3, -0.25) is 21.0 Å². The first kappa shape index (κ1) is 12.9. The number of nitrogens with one attached hydrogen (secondary N) is 3. The minimum absolute atomic E-state index is 0.0444. The number of thiocarbonyl (C=S) groups is 1. The van der Waals surface area contributed by atoms with E-state index in [1.165, 1.54) is 12.1 Å². The summed E-state index contributed by atoms with van der Waals surface area (Å²) in [5.74, 6) is 0. The van der Waals surface area contributed by atoms with Crippen LogP contribution >= 0.6 is 12.2 Å². The average Bonchev–Trinajstić information content (AvgIpc) is 2.34. The van der Waals surface area contributed by atoms with Crippen LogP contribution in [0.15, 0.2) is 36.9 Å². The zero-order valence-electron chi connectivity index (χ0n) is 8.97. The van der Waals surface area contributed by atoms with Crippen molar-refractivity contribution in [1.29, 1.82) is 0 Å². The van der Waals surface area contributed by atoms with Crippen LogP contribution in [0.3, 0.4) is 0 Å². The molecule has 0 saturated heterocycles. The standard InChI is InChI=1S/C10H12N4O2S/c1-2-7-11-10(17)13-12-8-3-5-9(6-4-8)14(15)16/h2-6,12H,1,7H2,(H2,11,13,17). The molecule has 1 aromatic rings. The van der Waals surface area contributed by atoms with Crippen molar-refractivity contribution < 1.29 is 4.92 Å². The zero-order chi connectivity index (χ0) is 12.7. The maximum atomic E-state index is 10.4. The summed E-state index contributed by atoms with van der Waals surface area (Å²) in [6.45, 7) is 4.11. The Labute approximate surface area is 104 Å². The van der Waals surface area contributed by atoms with Crippen molar-refractivity contribution in [3.05, 3.63) is 47.0 Å². The zero-order valence-corrected chi connectivity index (χ0v) is 9.79. The van der Waals surface area contributed by atoms with Crippen LogP contribution in [0.4, 0.5) is 11.4 Å². The van der Waals surface area contributed by atoms with Crippen molar-refractivity contribution in [1.82, 2.24) is 10.7 Å². The molecule has 17 heavy (non-hydrogen) atoms. The highest BCUT2D eigenvalue weighted by molar-refractivity contribution is 7.80. The molecule has 0 spiro atoms. The number of hydrogen-bond acceptors (Lipinski definition) is 4. The molecule has 90 valence electrons. The first-order valence-corrected chi connectivity index (χ1v) is 5.19. The van der Waals surface area contributed by atoms with Crippen molar-refractivity contribution in [2.24, 2.45) is 0 Å². The third-order valence-electron chi connectivity index (χ3n) is 1.81. The Bertz CT molecular complexity index is 419. The molecule has 0 aliphatic rings. The molecule has 0 saturated carbocycles. The molecule has 1 aromatic carbocycles. The molecule has 7 heteroatoms. The molecule has 0 aromatic heterocycles. The van der Waals surface area contributed by atoms with Gasteiger partial charge in [-0.1, -0.05) is 6.08 Å². The lowest BCUT2D eigenvalue weighted by Gasteiger charge is -2.10. The second-order valence-electron chi connectivity index (χ2n) is 3.05. The number of nitro groups is 1. The Morgan fingerprint density at radius 2 is 2.12 bits per heavy atom. The lowest BCUT2D eigenvalue weighted by molar-refractivity contribution is -0.384. The summed E-state index contributed by atoms with van der Waals surface area (Å²) in [5, 5.41) is 13.7. The molecule has 0 bridgehead atoms. The molecule has 0 atom stereocenters. The fraction of sp³-hybridized carbons (Fsp3) is 0.100. The van der Waals surface area contributed by atoms with E-state index in [9.17, 15) is 10.1 Å². The van der Waals surface area contributed by atoms with Crippen LogP contribution in [0.25, 0.3) is 0 Å². The van der Waals surface area contributed by atoms with Crippen LogP contribution in [0, 0.1) is 10.1 Å². The number of rotatable bonds is 5. The highest BCUT2D eigenvalue weighted by Gasteiger charge is 2.03. The Morgan fingerprint density at radius 1 is 1.47 bits per heavy atom. The summed E-state index contributed by atoms with van der Waals surface area (Å²) in [4.78, 5) is 9.98. The molecule has 0 aliphatic heterocycles. The van der Waals surface area contributed by atoms with Crippen LogP contribution in [-0.2, 0) is 0 Å². The van der Waals surface area contributed by atoms with Crippen molar-refractivity contribution in [2.75, 3.05) is 12.0 Å². The molecular formula is C10H12N4O2S. The van der Waals surface area contributed by atoms with Crippen molar-refractivity contribution in [3.63, 3.8) is 0 Å². The number of non-ortho nitro benzene ring substituents is 1. The van der Waals surface area contributed by atoms with Gasteiger partial charge >= 0.3 is 0 Å².